The van der Waals surface area contributed by atoms with Crippen LogP contribution in [0.15, 0.2) is 23.6 Å². The van der Waals surface area contributed by atoms with Crippen LogP contribution < -0.4 is 0 Å². The fourth-order valence-electron chi connectivity index (χ4n) is 3.86. The highest BCUT2D eigenvalue weighted by atomic mass is 35.5. The van der Waals surface area contributed by atoms with E-state index in [-0.39, 0.29) is 24.0 Å². The number of hydrogen-bond acceptors (Lipinski definition) is 4. The Hall–Kier alpha value is -0.880. The number of rotatable bonds is 2. The Morgan fingerprint density at radius 1 is 1.21 bits per heavy atom. The van der Waals surface area contributed by atoms with E-state index in [4.69, 9.17) is 11.6 Å². The van der Waals surface area contributed by atoms with Crippen molar-refractivity contribution in [2.45, 2.75) is 44.2 Å². The Morgan fingerprint density at radius 2 is 2.00 bits per heavy atom. The summed E-state index contributed by atoms with van der Waals surface area (Å²) < 4.78 is 0.766. The topological polar surface area (TPSA) is 40.5 Å². The number of halogens is 1. The second kappa shape index (κ2) is 6.79. The van der Waals surface area contributed by atoms with E-state index in [9.17, 15) is 9.90 Å². The summed E-state index contributed by atoms with van der Waals surface area (Å²) in [5, 5.41) is 11.8. The molecule has 6 heteroatoms. The standard InChI is InChI=1S/C18H20ClNO2S2/c19-15-6-5-14(24-15)16-17-11(8-10-23-17)7-9-20(16)18(22)12-1-3-13(21)4-2-12/h5-6,8,10,12-13,16,21H,1-4,7,9H2. The van der Waals surface area contributed by atoms with Gasteiger partial charge in [-0.25, -0.2) is 0 Å². The van der Waals surface area contributed by atoms with Crippen LogP contribution in [0.1, 0.15) is 47.0 Å². The fourth-order valence-corrected chi connectivity index (χ4v) is 6.20. The van der Waals surface area contributed by atoms with E-state index >= 15 is 0 Å². The second-order valence-electron chi connectivity index (χ2n) is 6.64. The first-order valence-corrected chi connectivity index (χ1v) is 10.5. The molecule has 4 rings (SSSR count). The Labute approximate surface area is 154 Å². The zero-order chi connectivity index (χ0) is 16.7. The summed E-state index contributed by atoms with van der Waals surface area (Å²) in [6.07, 6.45) is 3.77. The van der Waals surface area contributed by atoms with Gasteiger partial charge in [0.1, 0.15) is 6.04 Å². The summed E-state index contributed by atoms with van der Waals surface area (Å²) in [7, 11) is 0. The summed E-state index contributed by atoms with van der Waals surface area (Å²) in [5.74, 6) is 0.295. The van der Waals surface area contributed by atoms with Gasteiger partial charge < -0.3 is 10.0 Å². The minimum Gasteiger partial charge on any atom is -0.393 e. The Morgan fingerprint density at radius 3 is 2.71 bits per heavy atom. The van der Waals surface area contributed by atoms with Gasteiger partial charge in [-0.05, 0) is 61.2 Å². The molecule has 1 amide bonds. The quantitative estimate of drug-likeness (QED) is 0.832. The average molecular weight is 382 g/mol. The molecule has 1 aliphatic carbocycles. The summed E-state index contributed by atoms with van der Waals surface area (Å²) in [6.45, 7) is 0.766. The van der Waals surface area contributed by atoms with E-state index in [0.29, 0.717) is 0 Å². The third-order valence-corrected chi connectivity index (χ3v) is 7.45. The molecule has 3 heterocycles. The van der Waals surface area contributed by atoms with Gasteiger partial charge in [0, 0.05) is 22.2 Å². The minimum absolute atomic E-state index is 0.00519. The molecule has 1 unspecified atom stereocenters. The first kappa shape index (κ1) is 16.6. The molecule has 0 aromatic carbocycles. The predicted molar refractivity (Wildman–Crippen MR) is 98.9 cm³/mol. The predicted octanol–water partition coefficient (Wildman–Crippen LogP) is 4.49. The number of aliphatic hydroxyl groups excluding tert-OH is 1. The van der Waals surface area contributed by atoms with Gasteiger partial charge in [-0.3, -0.25) is 4.79 Å². The molecule has 2 aliphatic rings. The Kier molecular flexibility index (Phi) is 4.69. The maximum absolute atomic E-state index is 13.2. The van der Waals surface area contributed by atoms with Gasteiger partial charge in [-0.15, -0.1) is 22.7 Å². The highest BCUT2D eigenvalue weighted by Gasteiger charge is 2.37. The lowest BCUT2D eigenvalue weighted by Gasteiger charge is -2.38. The van der Waals surface area contributed by atoms with E-state index in [2.05, 4.69) is 22.4 Å². The normalized spacial score (nSPS) is 27.1. The van der Waals surface area contributed by atoms with Crippen molar-refractivity contribution in [1.29, 1.82) is 0 Å². The van der Waals surface area contributed by atoms with Crippen LogP contribution in [-0.4, -0.2) is 28.6 Å². The molecule has 1 aliphatic heterocycles. The molecule has 1 N–H and O–H groups in total. The highest BCUT2D eigenvalue weighted by molar-refractivity contribution is 7.16. The maximum atomic E-state index is 13.2. The number of hydrogen-bond donors (Lipinski definition) is 1. The molecular weight excluding hydrogens is 362 g/mol. The van der Waals surface area contributed by atoms with Crippen molar-refractivity contribution in [1.82, 2.24) is 4.90 Å². The van der Waals surface area contributed by atoms with Gasteiger partial charge in [0.05, 0.1) is 10.4 Å². The van der Waals surface area contributed by atoms with E-state index in [1.807, 2.05) is 6.07 Å². The summed E-state index contributed by atoms with van der Waals surface area (Å²) >= 11 is 9.47. The first-order valence-electron chi connectivity index (χ1n) is 8.43. The first-order chi connectivity index (χ1) is 11.6. The molecule has 0 spiro atoms. The average Bonchev–Trinajstić information content (AvgIpc) is 3.22. The van der Waals surface area contributed by atoms with Crippen LogP contribution in [0.25, 0.3) is 0 Å². The van der Waals surface area contributed by atoms with E-state index in [0.717, 1.165) is 47.9 Å². The van der Waals surface area contributed by atoms with Crippen LogP contribution in [0.4, 0.5) is 0 Å². The molecule has 2 aromatic rings. The van der Waals surface area contributed by atoms with Crippen molar-refractivity contribution in [3.8, 4) is 0 Å². The highest BCUT2D eigenvalue weighted by Crippen LogP contribution is 2.43. The number of fused-ring (bicyclic) bond motifs is 1. The third kappa shape index (κ3) is 3.03. The zero-order valence-electron chi connectivity index (χ0n) is 13.3. The SMILES string of the molecule is O=C(C1CCC(O)CC1)N1CCc2ccsc2C1c1ccc(Cl)s1. The smallest absolute Gasteiger partial charge is 0.226 e. The van der Waals surface area contributed by atoms with Gasteiger partial charge in [0.25, 0.3) is 0 Å². The van der Waals surface area contributed by atoms with Crippen molar-refractivity contribution in [3.05, 3.63) is 43.2 Å². The molecular formula is C18H20ClNO2S2. The van der Waals surface area contributed by atoms with E-state index < -0.39 is 0 Å². The van der Waals surface area contributed by atoms with Gasteiger partial charge >= 0.3 is 0 Å². The summed E-state index contributed by atoms with van der Waals surface area (Å²) in [6, 6.07) is 6.16. The molecule has 1 atom stereocenters. The van der Waals surface area contributed by atoms with Crippen molar-refractivity contribution in [2.24, 2.45) is 5.92 Å². The van der Waals surface area contributed by atoms with Crippen LogP contribution in [0.5, 0.6) is 0 Å². The van der Waals surface area contributed by atoms with Crippen molar-refractivity contribution in [3.63, 3.8) is 0 Å². The van der Waals surface area contributed by atoms with E-state index in [1.165, 1.54) is 10.4 Å². The van der Waals surface area contributed by atoms with Gasteiger partial charge in [0.15, 0.2) is 0 Å². The Bertz CT molecular complexity index is 733. The van der Waals surface area contributed by atoms with Crippen LogP contribution in [0.2, 0.25) is 4.34 Å². The molecule has 1 fully saturated rings. The molecule has 0 bridgehead atoms. The van der Waals surface area contributed by atoms with Gasteiger partial charge in [-0.2, -0.15) is 0 Å². The molecule has 2 aromatic heterocycles. The number of amides is 1. The lowest BCUT2D eigenvalue weighted by molar-refractivity contribution is -0.139. The summed E-state index contributed by atoms with van der Waals surface area (Å²) in [5.41, 5.74) is 1.36. The zero-order valence-corrected chi connectivity index (χ0v) is 15.7. The largest absolute Gasteiger partial charge is 0.393 e. The van der Waals surface area contributed by atoms with Gasteiger partial charge in [-0.1, -0.05) is 11.6 Å². The van der Waals surface area contributed by atoms with E-state index in [1.54, 1.807) is 22.7 Å². The van der Waals surface area contributed by atoms with Crippen LogP contribution >= 0.6 is 34.3 Å². The van der Waals surface area contributed by atoms with Crippen molar-refractivity contribution >= 4 is 40.2 Å². The molecule has 1 saturated carbocycles. The number of aliphatic hydroxyl groups is 1. The van der Waals surface area contributed by atoms with Crippen molar-refractivity contribution < 1.29 is 9.90 Å². The van der Waals surface area contributed by atoms with Crippen LogP contribution in [-0.2, 0) is 11.2 Å². The fraction of sp³-hybridized carbons (Fsp3) is 0.500. The summed E-state index contributed by atoms with van der Waals surface area (Å²) in [4.78, 5) is 17.7. The number of carbonyl (C=O) groups is 1. The third-order valence-electron chi connectivity index (χ3n) is 5.16. The molecule has 24 heavy (non-hydrogen) atoms. The molecule has 3 nitrogen and oxygen atoms in total. The minimum atomic E-state index is -0.230. The van der Waals surface area contributed by atoms with Crippen LogP contribution in [0, 0.1) is 5.92 Å². The molecule has 128 valence electrons. The lowest BCUT2D eigenvalue weighted by Crippen LogP contribution is -2.44. The number of carbonyl (C=O) groups excluding carboxylic acids is 1. The number of thiophene rings is 2. The second-order valence-corrected chi connectivity index (χ2v) is 9.34. The molecule has 0 saturated heterocycles. The van der Waals surface area contributed by atoms with Gasteiger partial charge in [0.2, 0.25) is 5.91 Å². The maximum Gasteiger partial charge on any atom is 0.226 e. The lowest BCUT2D eigenvalue weighted by atomic mass is 9.85. The van der Waals surface area contributed by atoms with Crippen LogP contribution in [0.3, 0.4) is 0 Å². The molecule has 0 radical (unpaired) electrons. The monoisotopic (exact) mass is 381 g/mol. The van der Waals surface area contributed by atoms with Crippen molar-refractivity contribution in [2.75, 3.05) is 6.54 Å². The number of nitrogens with zero attached hydrogens (tertiary/aromatic N) is 1. The Balaban J connectivity index is 1.65.